The van der Waals surface area contributed by atoms with Crippen LogP contribution in [-0.2, 0) is 4.79 Å². The maximum atomic E-state index is 11.6. The monoisotopic (exact) mass is 271 g/mol. The molecule has 3 N–H and O–H groups in total. The van der Waals surface area contributed by atoms with Gasteiger partial charge in [-0.15, -0.1) is 0 Å². The van der Waals surface area contributed by atoms with E-state index in [0.29, 0.717) is 25.9 Å². The minimum Gasteiger partial charge on any atom is -0.481 e. The first-order valence-electron chi connectivity index (χ1n) is 6.87. The highest BCUT2D eigenvalue weighted by atomic mass is 16.4. The highest BCUT2D eigenvalue weighted by Crippen LogP contribution is 2.35. The van der Waals surface area contributed by atoms with E-state index in [1.54, 1.807) is 0 Å². The average molecular weight is 271 g/mol. The second-order valence-corrected chi connectivity index (χ2v) is 5.43. The maximum absolute atomic E-state index is 11.6. The van der Waals surface area contributed by atoms with Gasteiger partial charge in [0.05, 0.1) is 0 Å². The van der Waals surface area contributed by atoms with Crippen LogP contribution in [0.5, 0.6) is 0 Å². The van der Waals surface area contributed by atoms with Crippen LogP contribution in [-0.4, -0.2) is 54.7 Å². The molecule has 6 heteroatoms. The van der Waals surface area contributed by atoms with E-state index in [1.807, 2.05) is 14.1 Å². The van der Waals surface area contributed by atoms with Gasteiger partial charge < -0.3 is 20.6 Å². The van der Waals surface area contributed by atoms with Crippen molar-refractivity contribution in [3.63, 3.8) is 0 Å². The van der Waals surface area contributed by atoms with Gasteiger partial charge >= 0.3 is 12.0 Å². The Bertz CT molecular complexity index is 314. The van der Waals surface area contributed by atoms with Gasteiger partial charge in [0.1, 0.15) is 0 Å². The Morgan fingerprint density at radius 1 is 1.21 bits per heavy atom. The van der Waals surface area contributed by atoms with Gasteiger partial charge in [0.2, 0.25) is 0 Å². The highest BCUT2D eigenvalue weighted by molar-refractivity contribution is 5.73. The molecule has 0 bridgehead atoms. The standard InChI is InChI=1S/C13H25N3O3/c1-16(2)13(7-5-8-13)10-15-12(19)14-9-4-3-6-11(17)18/h3-10H2,1-2H3,(H,17,18)(H2,14,15,19). The van der Waals surface area contributed by atoms with Crippen LogP contribution < -0.4 is 10.6 Å². The van der Waals surface area contributed by atoms with Gasteiger partial charge in [-0.25, -0.2) is 4.79 Å². The Kier molecular flexibility index (Phi) is 6.08. The summed E-state index contributed by atoms with van der Waals surface area (Å²) in [5, 5.41) is 14.1. The molecule has 0 aliphatic heterocycles. The molecule has 1 aliphatic carbocycles. The second kappa shape index (κ2) is 7.33. The van der Waals surface area contributed by atoms with Crippen molar-refractivity contribution in [3.8, 4) is 0 Å². The second-order valence-electron chi connectivity index (χ2n) is 5.43. The van der Waals surface area contributed by atoms with Gasteiger partial charge in [-0.2, -0.15) is 0 Å². The first-order valence-corrected chi connectivity index (χ1v) is 6.87. The lowest BCUT2D eigenvalue weighted by molar-refractivity contribution is -0.137. The van der Waals surface area contributed by atoms with Gasteiger partial charge in [0, 0.05) is 25.0 Å². The lowest BCUT2D eigenvalue weighted by atomic mass is 9.75. The van der Waals surface area contributed by atoms with E-state index in [1.165, 1.54) is 6.42 Å². The molecule has 0 atom stereocenters. The topological polar surface area (TPSA) is 81.7 Å². The van der Waals surface area contributed by atoms with Crippen LogP contribution >= 0.6 is 0 Å². The smallest absolute Gasteiger partial charge is 0.314 e. The van der Waals surface area contributed by atoms with E-state index in [9.17, 15) is 9.59 Å². The maximum Gasteiger partial charge on any atom is 0.314 e. The van der Waals surface area contributed by atoms with E-state index in [2.05, 4.69) is 15.5 Å². The van der Waals surface area contributed by atoms with E-state index in [0.717, 1.165) is 12.8 Å². The molecule has 1 aliphatic rings. The van der Waals surface area contributed by atoms with Crippen molar-refractivity contribution in [2.24, 2.45) is 0 Å². The van der Waals surface area contributed by atoms with E-state index in [-0.39, 0.29) is 18.0 Å². The third-order valence-electron chi connectivity index (χ3n) is 3.91. The van der Waals surface area contributed by atoms with Crippen molar-refractivity contribution in [1.82, 2.24) is 15.5 Å². The molecule has 1 saturated carbocycles. The zero-order valence-corrected chi connectivity index (χ0v) is 11.9. The lowest BCUT2D eigenvalue weighted by Gasteiger charge is -2.47. The first-order chi connectivity index (χ1) is 8.96. The zero-order chi connectivity index (χ0) is 14.3. The fourth-order valence-corrected chi connectivity index (χ4v) is 2.28. The summed E-state index contributed by atoms with van der Waals surface area (Å²) in [7, 11) is 4.09. The van der Waals surface area contributed by atoms with Gasteiger partial charge in [-0.05, 0) is 46.2 Å². The van der Waals surface area contributed by atoms with Crippen LogP contribution in [0, 0.1) is 0 Å². The number of aliphatic carboxylic acids is 1. The molecule has 0 aromatic carbocycles. The molecule has 6 nitrogen and oxygen atoms in total. The van der Waals surface area contributed by atoms with E-state index in [4.69, 9.17) is 5.11 Å². The minimum absolute atomic E-state index is 0.126. The van der Waals surface area contributed by atoms with Gasteiger partial charge in [-0.1, -0.05) is 0 Å². The predicted molar refractivity (Wildman–Crippen MR) is 73.2 cm³/mol. The third-order valence-corrected chi connectivity index (χ3v) is 3.91. The van der Waals surface area contributed by atoms with Crippen molar-refractivity contribution in [3.05, 3.63) is 0 Å². The Morgan fingerprint density at radius 2 is 1.89 bits per heavy atom. The molecule has 0 aromatic heterocycles. The summed E-state index contributed by atoms with van der Waals surface area (Å²) in [4.78, 5) is 24.1. The number of likely N-dealkylation sites (N-methyl/N-ethyl adjacent to an activating group) is 1. The molecule has 1 rings (SSSR count). The minimum atomic E-state index is -0.789. The van der Waals surface area contributed by atoms with Crippen molar-refractivity contribution in [2.75, 3.05) is 27.2 Å². The van der Waals surface area contributed by atoms with Crippen molar-refractivity contribution in [2.45, 2.75) is 44.1 Å². The number of unbranched alkanes of at least 4 members (excludes halogenated alkanes) is 1. The van der Waals surface area contributed by atoms with Crippen LogP contribution in [0.3, 0.4) is 0 Å². The summed E-state index contributed by atoms with van der Waals surface area (Å²) < 4.78 is 0. The summed E-state index contributed by atoms with van der Waals surface area (Å²) in [6, 6.07) is -0.163. The zero-order valence-electron chi connectivity index (χ0n) is 11.9. The number of carboxylic acid groups (broad SMARTS) is 1. The summed E-state index contributed by atoms with van der Waals surface area (Å²) in [6.45, 7) is 1.19. The fraction of sp³-hybridized carbons (Fsp3) is 0.846. The Labute approximate surface area is 114 Å². The third kappa shape index (κ3) is 5.06. The SMILES string of the molecule is CN(C)C1(CNC(=O)NCCCCC(=O)O)CCC1. The molecule has 110 valence electrons. The molecule has 0 spiro atoms. The molecule has 0 saturated heterocycles. The molecule has 0 unspecified atom stereocenters. The Morgan fingerprint density at radius 3 is 2.37 bits per heavy atom. The van der Waals surface area contributed by atoms with Crippen LogP contribution in [0.1, 0.15) is 38.5 Å². The van der Waals surface area contributed by atoms with Crippen LogP contribution in [0.2, 0.25) is 0 Å². The number of rotatable bonds is 8. The Hall–Kier alpha value is -1.30. The number of carbonyl (C=O) groups is 2. The van der Waals surface area contributed by atoms with E-state index >= 15 is 0 Å². The highest BCUT2D eigenvalue weighted by Gasteiger charge is 2.39. The number of hydrogen-bond donors (Lipinski definition) is 3. The summed E-state index contributed by atoms with van der Waals surface area (Å²) in [5.41, 5.74) is 0.126. The van der Waals surface area contributed by atoms with Gasteiger partial charge in [0.15, 0.2) is 0 Å². The van der Waals surface area contributed by atoms with Crippen LogP contribution in [0.4, 0.5) is 4.79 Å². The fourth-order valence-electron chi connectivity index (χ4n) is 2.28. The summed E-state index contributed by atoms with van der Waals surface area (Å²) in [6.07, 6.45) is 4.91. The largest absolute Gasteiger partial charge is 0.481 e. The lowest BCUT2D eigenvalue weighted by Crippen LogP contribution is -2.58. The molecule has 0 aromatic rings. The van der Waals surface area contributed by atoms with E-state index < -0.39 is 5.97 Å². The van der Waals surface area contributed by atoms with Gasteiger partial charge in [0.25, 0.3) is 0 Å². The molecule has 0 heterocycles. The van der Waals surface area contributed by atoms with Crippen LogP contribution in [0.25, 0.3) is 0 Å². The molecule has 1 fully saturated rings. The molecule has 2 amide bonds. The molecular formula is C13H25N3O3. The Balaban J connectivity index is 2.09. The van der Waals surface area contributed by atoms with Gasteiger partial charge in [-0.3, -0.25) is 4.79 Å². The average Bonchev–Trinajstić information content (AvgIpc) is 2.26. The quantitative estimate of drug-likeness (QED) is 0.576. The van der Waals surface area contributed by atoms with Crippen molar-refractivity contribution in [1.29, 1.82) is 0 Å². The number of nitrogens with zero attached hydrogens (tertiary/aromatic N) is 1. The number of amides is 2. The molecule has 0 radical (unpaired) electrons. The van der Waals surface area contributed by atoms with Crippen molar-refractivity contribution >= 4 is 12.0 Å². The number of hydrogen-bond acceptors (Lipinski definition) is 3. The number of nitrogens with one attached hydrogen (secondary N) is 2. The number of carboxylic acids is 1. The van der Waals surface area contributed by atoms with Crippen molar-refractivity contribution < 1.29 is 14.7 Å². The predicted octanol–water partition coefficient (Wildman–Crippen LogP) is 1.02. The van der Waals surface area contributed by atoms with Crippen LogP contribution in [0.15, 0.2) is 0 Å². The normalized spacial score (nSPS) is 16.8. The summed E-state index contributed by atoms with van der Waals surface area (Å²) in [5.74, 6) is -0.789. The molecular weight excluding hydrogens is 246 g/mol. The first kappa shape index (κ1) is 15.8. The number of urea groups is 1. The number of carbonyl (C=O) groups excluding carboxylic acids is 1. The summed E-state index contributed by atoms with van der Waals surface area (Å²) >= 11 is 0. The molecule has 19 heavy (non-hydrogen) atoms.